The van der Waals surface area contributed by atoms with Crippen LogP contribution in [0.15, 0.2) is 24.3 Å². The molecule has 3 rings (SSSR count). The van der Waals surface area contributed by atoms with Crippen LogP contribution in [0.2, 0.25) is 5.02 Å². The van der Waals surface area contributed by atoms with Gasteiger partial charge >= 0.3 is 0 Å². The maximum absolute atomic E-state index is 12.2. The Morgan fingerprint density at radius 2 is 2.13 bits per heavy atom. The highest BCUT2D eigenvalue weighted by atomic mass is 35.5. The van der Waals surface area contributed by atoms with Crippen LogP contribution in [0, 0.1) is 12.8 Å². The van der Waals surface area contributed by atoms with Gasteiger partial charge in [0, 0.05) is 24.5 Å². The lowest BCUT2D eigenvalue weighted by molar-refractivity contribution is -0.128. The van der Waals surface area contributed by atoms with E-state index >= 15 is 0 Å². The summed E-state index contributed by atoms with van der Waals surface area (Å²) < 4.78 is 0. The normalized spacial score (nSPS) is 17.6. The summed E-state index contributed by atoms with van der Waals surface area (Å²) in [6.45, 7) is 2.71. The molecule has 8 heteroatoms. The maximum atomic E-state index is 12.2. The van der Waals surface area contributed by atoms with Gasteiger partial charge in [0.25, 0.3) is 0 Å². The molecule has 1 atom stereocenters. The average Bonchev–Trinajstić information content (AvgIpc) is 3.08. The number of carbonyl (C=O) groups excluding carboxylic acids is 2. The second-order valence-electron chi connectivity index (χ2n) is 5.42. The van der Waals surface area contributed by atoms with Gasteiger partial charge in [-0.05, 0) is 24.6 Å². The van der Waals surface area contributed by atoms with Crippen molar-refractivity contribution >= 4 is 39.9 Å². The van der Waals surface area contributed by atoms with E-state index in [9.17, 15) is 9.59 Å². The monoisotopic (exact) mass is 350 g/mol. The molecule has 0 bridgehead atoms. The first-order valence-electron chi connectivity index (χ1n) is 7.14. The van der Waals surface area contributed by atoms with E-state index in [-0.39, 0.29) is 24.2 Å². The molecule has 1 aromatic carbocycles. The van der Waals surface area contributed by atoms with Gasteiger partial charge in [0.15, 0.2) is 0 Å². The van der Waals surface area contributed by atoms with Crippen molar-refractivity contribution < 1.29 is 9.59 Å². The predicted molar refractivity (Wildman–Crippen MR) is 88.3 cm³/mol. The van der Waals surface area contributed by atoms with Crippen molar-refractivity contribution in [3.8, 4) is 0 Å². The summed E-state index contributed by atoms with van der Waals surface area (Å²) in [6.07, 6.45) is 0.219. The van der Waals surface area contributed by atoms with E-state index in [1.54, 1.807) is 17.0 Å². The number of carbonyl (C=O) groups is 2. The molecule has 1 aliphatic rings. The molecule has 0 radical (unpaired) electrons. The second-order valence-corrected chi connectivity index (χ2v) is 7.04. The number of aromatic nitrogens is 2. The van der Waals surface area contributed by atoms with Crippen molar-refractivity contribution in [1.82, 2.24) is 15.1 Å². The molecule has 1 unspecified atom stereocenters. The van der Waals surface area contributed by atoms with Crippen LogP contribution >= 0.6 is 22.9 Å². The first-order chi connectivity index (χ1) is 11.0. The third-order valence-corrected chi connectivity index (χ3v) is 4.63. The highest BCUT2D eigenvalue weighted by Gasteiger charge is 2.34. The van der Waals surface area contributed by atoms with E-state index in [0.29, 0.717) is 23.2 Å². The van der Waals surface area contributed by atoms with Crippen LogP contribution in [0.5, 0.6) is 0 Å². The van der Waals surface area contributed by atoms with E-state index in [1.165, 1.54) is 11.3 Å². The Morgan fingerprint density at radius 1 is 1.39 bits per heavy atom. The van der Waals surface area contributed by atoms with Gasteiger partial charge in [0.1, 0.15) is 5.01 Å². The van der Waals surface area contributed by atoms with E-state index < -0.39 is 0 Å². The molecule has 120 valence electrons. The lowest BCUT2D eigenvalue weighted by Crippen LogP contribution is -2.28. The number of aryl methyl sites for hydroxylation is 1. The number of benzene rings is 1. The topological polar surface area (TPSA) is 75.2 Å². The average molecular weight is 351 g/mol. The zero-order chi connectivity index (χ0) is 16.4. The Morgan fingerprint density at radius 3 is 2.78 bits per heavy atom. The van der Waals surface area contributed by atoms with Crippen molar-refractivity contribution in [1.29, 1.82) is 0 Å². The van der Waals surface area contributed by atoms with Crippen molar-refractivity contribution in [2.75, 3.05) is 11.9 Å². The van der Waals surface area contributed by atoms with Crippen LogP contribution < -0.4 is 5.32 Å². The molecular weight excluding hydrogens is 336 g/mol. The third-order valence-electron chi connectivity index (χ3n) is 3.63. The number of hydrogen-bond acceptors (Lipinski definition) is 5. The molecule has 23 heavy (non-hydrogen) atoms. The van der Waals surface area contributed by atoms with Gasteiger partial charge in [0.05, 0.1) is 5.92 Å². The number of rotatable bonds is 4. The molecule has 1 aliphatic heterocycles. The van der Waals surface area contributed by atoms with Gasteiger partial charge in [0.2, 0.25) is 16.9 Å². The number of halogens is 1. The molecule has 2 heterocycles. The fraction of sp³-hybridized carbons (Fsp3) is 0.333. The van der Waals surface area contributed by atoms with Crippen LogP contribution in [-0.2, 0) is 16.1 Å². The molecule has 2 amide bonds. The fourth-order valence-corrected chi connectivity index (χ4v) is 3.19. The van der Waals surface area contributed by atoms with Gasteiger partial charge in [-0.3, -0.25) is 9.59 Å². The van der Waals surface area contributed by atoms with E-state index in [4.69, 9.17) is 11.6 Å². The van der Waals surface area contributed by atoms with Gasteiger partial charge in [-0.15, -0.1) is 10.2 Å². The van der Waals surface area contributed by atoms with Crippen molar-refractivity contribution in [2.45, 2.75) is 19.9 Å². The lowest BCUT2D eigenvalue weighted by Gasteiger charge is -2.16. The van der Waals surface area contributed by atoms with E-state index in [2.05, 4.69) is 15.5 Å². The lowest BCUT2D eigenvalue weighted by atomic mass is 10.1. The maximum Gasteiger partial charge on any atom is 0.231 e. The molecule has 0 aliphatic carbocycles. The Hall–Kier alpha value is -1.99. The minimum absolute atomic E-state index is 0.0199. The van der Waals surface area contributed by atoms with Crippen LogP contribution in [0.1, 0.15) is 17.0 Å². The first kappa shape index (κ1) is 15.9. The Labute approximate surface area is 142 Å². The molecule has 6 nitrogen and oxygen atoms in total. The first-order valence-corrected chi connectivity index (χ1v) is 8.34. The summed E-state index contributed by atoms with van der Waals surface area (Å²) in [5, 5.41) is 12.4. The van der Waals surface area contributed by atoms with Crippen LogP contribution in [0.3, 0.4) is 0 Å². The molecule has 1 fully saturated rings. The Balaban J connectivity index is 1.60. The molecule has 0 spiro atoms. The largest absolute Gasteiger partial charge is 0.338 e. The van der Waals surface area contributed by atoms with Gasteiger partial charge in [-0.25, -0.2) is 0 Å². The summed E-state index contributed by atoms with van der Waals surface area (Å²) in [7, 11) is 0. The molecule has 2 aromatic rings. The zero-order valence-electron chi connectivity index (χ0n) is 12.5. The van der Waals surface area contributed by atoms with Crippen molar-refractivity contribution in [3.05, 3.63) is 39.9 Å². The summed E-state index contributed by atoms with van der Waals surface area (Å²) in [4.78, 5) is 26.0. The Kier molecular flexibility index (Phi) is 4.58. The molecule has 1 N–H and O–H groups in total. The van der Waals surface area contributed by atoms with Crippen LogP contribution in [-0.4, -0.2) is 33.5 Å². The summed E-state index contributed by atoms with van der Waals surface area (Å²) in [6, 6.07) is 7.35. The van der Waals surface area contributed by atoms with Crippen LogP contribution in [0.4, 0.5) is 5.13 Å². The Bertz CT molecular complexity index is 731. The van der Waals surface area contributed by atoms with Gasteiger partial charge in [-0.2, -0.15) is 0 Å². The van der Waals surface area contributed by atoms with Crippen molar-refractivity contribution in [2.24, 2.45) is 5.92 Å². The highest BCUT2D eigenvalue weighted by Crippen LogP contribution is 2.23. The fourth-order valence-electron chi connectivity index (χ4n) is 2.47. The highest BCUT2D eigenvalue weighted by molar-refractivity contribution is 7.15. The summed E-state index contributed by atoms with van der Waals surface area (Å²) in [5.41, 5.74) is 0.989. The molecule has 1 saturated heterocycles. The number of hydrogen-bond donors (Lipinski definition) is 1. The number of nitrogens with one attached hydrogen (secondary N) is 1. The summed E-state index contributed by atoms with van der Waals surface area (Å²) in [5.74, 6) is -0.569. The quantitative estimate of drug-likeness (QED) is 0.919. The van der Waals surface area contributed by atoms with E-state index in [0.717, 1.165) is 10.6 Å². The number of amides is 2. The summed E-state index contributed by atoms with van der Waals surface area (Å²) >= 11 is 7.17. The van der Waals surface area contributed by atoms with Gasteiger partial charge in [-0.1, -0.05) is 35.1 Å². The standard InChI is InChI=1S/C15H15ClN4O2S/c1-9-18-19-15(23-9)17-14(22)11-6-13(21)20(8-11)7-10-2-4-12(16)5-3-10/h2-5,11H,6-8H2,1H3,(H,17,19,22). The molecule has 1 aromatic heterocycles. The zero-order valence-corrected chi connectivity index (χ0v) is 14.0. The molecule has 0 saturated carbocycles. The molecular formula is C15H15ClN4O2S. The predicted octanol–water partition coefficient (Wildman–Crippen LogP) is 2.49. The second kappa shape index (κ2) is 6.64. The SMILES string of the molecule is Cc1nnc(NC(=O)C2CC(=O)N(Cc3ccc(Cl)cc3)C2)s1. The third kappa shape index (κ3) is 3.86. The number of anilines is 1. The van der Waals surface area contributed by atoms with E-state index in [1.807, 2.05) is 19.1 Å². The van der Waals surface area contributed by atoms with Gasteiger partial charge < -0.3 is 10.2 Å². The number of likely N-dealkylation sites (tertiary alicyclic amines) is 1. The van der Waals surface area contributed by atoms with Crippen LogP contribution in [0.25, 0.3) is 0 Å². The smallest absolute Gasteiger partial charge is 0.231 e. The number of nitrogens with zero attached hydrogens (tertiary/aromatic N) is 3. The minimum atomic E-state index is -0.362. The minimum Gasteiger partial charge on any atom is -0.338 e. The van der Waals surface area contributed by atoms with Crippen molar-refractivity contribution in [3.63, 3.8) is 0 Å².